The van der Waals surface area contributed by atoms with Gasteiger partial charge in [-0.05, 0) is 118 Å². The second-order valence-electron chi connectivity index (χ2n) is 13.1. The highest BCUT2D eigenvalue weighted by Gasteiger charge is 2.51. The number of carbonyl (C=O) groups excluding carboxylic acids is 2. The smallest absolute Gasteiger partial charge is 0.244 e. The first-order chi connectivity index (χ1) is 19.7. The third-order valence-electron chi connectivity index (χ3n) is 9.44. The number of sulfonamides is 1. The SMILES string of the molecule is CC(C)NC(=O)[C@@H](C)N(Cc1ccc(Cl)cc1Cl)C(=O)CN(c1ccc(C23CC4CC(CC(C4)C2)C3)cc1)S(C)(=O)=O. The Morgan fingerprint density at radius 3 is 2.02 bits per heavy atom. The molecular formula is C32H41Cl2N3O4S. The molecule has 0 radical (unpaired) electrons. The van der Waals surface area contributed by atoms with Crippen LogP contribution < -0.4 is 9.62 Å². The number of carbonyl (C=O) groups is 2. The molecule has 1 N–H and O–H groups in total. The minimum absolute atomic E-state index is 0.0179. The minimum Gasteiger partial charge on any atom is -0.352 e. The summed E-state index contributed by atoms with van der Waals surface area (Å²) in [4.78, 5) is 28.2. The summed E-state index contributed by atoms with van der Waals surface area (Å²) in [5.41, 5.74) is 2.50. The maximum Gasteiger partial charge on any atom is 0.244 e. The van der Waals surface area contributed by atoms with E-state index in [1.165, 1.54) is 49.0 Å². The molecule has 4 fully saturated rings. The van der Waals surface area contributed by atoms with Crippen molar-refractivity contribution in [2.24, 2.45) is 17.8 Å². The van der Waals surface area contributed by atoms with Crippen molar-refractivity contribution in [2.75, 3.05) is 17.1 Å². The van der Waals surface area contributed by atoms with E-state index in [-0.39, 0.29) is 23.9 Å². The number of amides is 2. The standard InChI is InChI=1S/C32H41Cl2N3O4S/c1-20(2)35-31(39)21(3)36(18-25-5-8-27(33)14-29(25)34)30(38)19-37(42(4,40)41)28-9-6-26(7-10-28)32-15-22-11-23(16-32)13-24(12-22)17-32/h5-10,14,20-24H,11-13,15-19H2,1-4H3,(H,35,39)/t21-,22?,23?,24?,32?/m1/s1. The first-order valence-corrected chi connectivity index (χ1v) is 17.5. The average molecular weight is 635 g/mol. The summed E-state index contributed by atoms with van der Waals surface area (Å²) in [5.74, 6) is 1.56. The fourth-order valence-electron chi connectivity index (χ4n) is 7.88. The number of halogens is 2. The second kappa shape index (κ2) is 12.0. The molecule has 4 bridgehead atoms. The third kappa shape index (κ3) is 6.61. The zero-order valence-electron chi connectivity index (χ0n) is 24.8. The van der Waals surface area contributed by atoms with Crippen LogP contribution in [0.15, 0.2) is 42.5 Å². The van der Waals surface area contributed by atoms with Crippen LogP contribution >= 0.6 is 23.2 Å². The van der Waals surface area contributed by atoms with E-state index in [9.17, 15) is 18.0 Å². The molecule has 228 valence electrons. The quantitative estimate of drug-likeness (QED) is 0.339. The Bertz CT molecular complexity index is 1410. The molecule has 4 aliphatic carbocycles. The van der Waals surface area contributed by atoms with Gasteiger partial charge in [0, 0.05) is 22.6 Å². The molecule has 2 aromatic rings. The largest absolute Gasteiger partial charge is 0.352 e. The minimum atomic E-state index is -3.81. The molecule has 4 saturated carbocycles. The summed E-state index contributed by atoms with van der Waals surface area (Å²) in [6, 6.07) is 11.7. The van der Waals surface area contributed by atoms with E-state index in [1.807, 2.05) is 26.0 Å². The lowest BCUT2D eigenvalue weighted by atomic mass is 9.48. The first-order valence-electron chi connectivity index (χ1n) is 14.9. The van der Waals surface area contributed by atoms with E-state index in [0.29, 0.717) is 21.3 Å². The van der Waals surface area contributed by atoms with Gasteiger partial charge in [0.2, 0.25) is 21.8 Å². The summed E-state index contributed by atoms with van der Waals surface area (Å²) >= 11 is 12.5. The summed E-state index contributed by atoms with van der Waals surface area (Å²) in [6.45, 7) is 4.88. The molecule has 0 aliphatic heterocycles. The van der Waals surface area contributed by atoms with E-state index in [0.717, 1.165) is 28.3 Å². The van der Waals surface area contributed by atoms with Gasteiger partial charge in [-0.25, -0.2) is 8.42 Å². The van der Waals surface area contributed by atoms with E-state index in [4.69, 9.17) is 23.2 Å². The lowest BCUT2D eigenvalue weighted by molar-refractivity contribution is -0.139. The van der Waals surface area contributed by atoms with Gasteiger partial charge in [-0.3, -0.25) is 13.9 Å². The van der Waals surface area contributed by atoms with Crippen molar-refractivity contribution in [1.82, 2.24) is 10.2 Å². The molecule has 0 heterocycles. The molecule has 4 aliphatic rings. The van der Waals surface area contributed by atoms with Crippen LogP contribution in [0.3, 0.4) is 0 Å². The van der Waals surface area contributed by atoms with E-state index < -0.39 is 28.5 Å². The van der Waals surface area contributed by atoms with Crippen LogP contribution in [-0.2, 0) is 31.6 Å². The highest BCUT2D eigenvalue weighted by atomic mass is 35.5. The van der Waals surface area contributed by atoms with Gasteiger partial charge in [0.1, 0.15) is 12.6 Å². The maximum absolute atomic E-state index is 13.9. The van der Waals surface area contributed by atoms with Crippen molar-refractivity contribution in [3.05, 3.63) is 63.6 Å². The van der Waals surface area contributed by atoms with Crippen LogP contribution in [-0.4, -0.2) is 50.0 Å². The average Bonchev–Trinajstić information content (AvgIpc) is 2.89. The van der Waals surface area contributed by atoms with Gasteiger partial charge in [-0.2, -0.15) is 0 Å². The van der Waals surface area contributed by atoms with E-state index >= 15 is 0 Å². The molecular weight excluding hydrogens is 593 g/mol. The Balaban J connectivity index is 1.40. The number of nitrogens with zero attached hydrogens (tertiary/aromatic N) is 2. The molecule has 0 spiro atoms. The highest BCUT2D eigenvalue weighted by molar-refractivity contribution is 7.92. The number of anilines is 1. The van der Waals surface area contributed by atoms with Gasteiger partial charge in [0.15, 0.2) is 0 Å². The molecule has 2 aromatic carbocycles. The summed E-state index contributed by atoms with van der Waals surface area (Å²) in [5, 5.41) is 3.65. The third-order valence-corrected chi connectivity index (χ3v) is 11.2. The fourth-order valence-corrected chi connectivity index (χ4v) is 9.20. The normalized spacial score (nSPS) is 25.4. The van der Waals surface area contributed by atoms with Crippen LogP contribution in [0.4, 0.5) is 5.69 Å². The molecule has 42 heavy (non-hydrogen) atoms. The number of hydrogen-bond donors (Lipinski definition) is 1. The Kier molecular flexibility index (Phi) is 8.90. The Morgan fingerprint density at radius 1 is 0.952 bits per heavy atom. The lowest BCUT2D eigenvalue weighted by Gasteiger charge is -2.57. The van der Waals surface area contributed by atoms with Crippen molar-refractivity contribution in [1.29, 1.82) is 0 Å². The number of nitrogens with one attached hydrogen (secondary N) is 1. The summed E-state index contributed by atoms with van der Waals surface area (Å²) in [6.07, 6.45) is 8.80. The maximum atomic E-state index is 13.9. The molecule has 0 unspecified atom stereocenters. The molecule has 6 rings (SSSR count). The molecule has 1 atom stereocenters. The van der Waals surface area contributed by atoms with Crippen LogP contribution in [0, 0.1) is 17.8 Å². The van der Waals surface area contributed by atoms with Crippen molar-refractivity contribution >= 4 is 50.7 Å². The summed E-state index contributed by atoms with van der Waals surface area (Å²) in [7, 11) is -3.81. The number of rotatable bonds is 10. The Labute approximate surface area is 260 Å². The van der Waals surface area contributed by atoms with Crippen LogP contribution in [0.25, 0.3) is 0 Å². The van der Waals surface area contributed by atoms with Crippen LogP contribution in [0.5, 0.6) is 0 Å². The van der Waals surface area contributed by atoms with Gasteiger partial charge < -0.3 is 10.2 Å². The van der Waals surface area contributed by atoms with E-state index in [1.54, 1.807) is 25.1 Å². The van der Waals surface area contributed by atoms with Crippen molar-refractivity contribution in [3.63, 3.8) is 0 Å². The predicted octanol–water partition coefficient (Wildman–Crippen LogP) is 6.17. The van der Waals surface area contributed by atoms with Gasteiger partial charge >= 0.3 is 0 Å². The van der Waals surface area contributed by atoms with Gasteiger partial charge in [0.05, 0.1) is 11.9 Å². The zero-order chi connectivity index (χ0) is 30.4. The Hall–Kier alpha value is -2.29. The predicted molar refractivity (Wildman–Crippen MR) is 168 cm³/mol. The van der Waals surface area contributed by atoms with Crippen LogP contribution in [0.2, 0.25) is 10.0 Å². The molecule has 2 amide bonds. The summed E-state index contributed by atoms with van der Waals surface area (Å²) < 4.78 is 27.2. The fraction of sp³-hybridized carbons (Fsp3) is 0.562. The van der Waals surface area contributed by atoms with Crippen molar-refractivity contribution in [2.45, 2.75) is 83.3 Å². The van der Waals surface area contributed by atoms with Gasteiger partial charge in [-0.1, -0.05) is 41.4 Å². The number of hydrogen-bond acceptors (Lipinski definition) is 4. The molecule has 0 saturated heterocycles. The van der Waals surface area contributed by atoms with Gasteiger partial charge in [-0.15, -0.1) is 0 Å². The topological polar surface area (TPSA) is 86.8 Å². The van der Waals surface area contributed by atoms with Crippen molar-refractivity contribution in [3.8, 4) is 0 Å². The highest BCUT2D eigenvalue weighted by Crippen LogP contribution is 2.60. The van der Waals surface area contributed by atoms with E-state index in [2.05, 4.69) is 17.4 Å². The monoisotopic (exact) mass is 633 g/mol. The molecule has 0 aromatic heterocycles. The zero-order valence-corrected chi connectivity index (χ0v) is 27.1. The number of benzene rings is 2. The lowest BCUT2D eigenvalue weighted by Crippen LogP contribution is -2.52. The first kappa shape index (κ1) is 31.1. The Morgan fingerprint density at radius 2 is 1.52 bits per heavy atom. The van der Waals surface area contributed by atoms with Gasteiger partial charge in [0.25, 0.3) is 0 Å². The molecule has 10 heteroatoms. The van der Waals surface area contributed by atoms with Crippen LogP contribution in [0.1, 0.15) is 70.4 Å². The van der Waals surface area contributed by atoms with Crippen molar-refractivity contribution < 1.29 is 18.0 Å². The second-order valence-corrected chi connectivity index (χ2v) is 15.9. The molecule has 7 nitrogen and oxygen atoms in total.